The molecule has 0 radical (unpaired) electrons. The van der Waals surface area contributed by atoms with Gasteiger partial charge in [-0.1, -0.05) is 26.8 Å². The van der Waals surface area contributed by atoms with Crippen molar-refractivity contribution in [2.45, 2.75) is 53.0 Å². The van der Waals surface area contributed by atoms with Crippen LogP contribution in [-0.4, -0.2) is 36.2 Å². The number of hydrogen-bond acceptors (Lipinski definition) is 3. The van der Waals surface area contributed by atoms with E-state index in [1.807, 2.05) is 26.8 Å². The number of aldehydes is 1. The molecule has 1 aromatic rings. The topological polar surface area (TPSA) is 49.4 Å². The molecule has 1 heterocycles. The summed E-state index contributed by atoms with van der Waals surface area (Å²) in [6.45, 7) is 4.75. The van der Waals surface area contributed by atoms with Crippen LogP contribution in [0.15, 0.2) is 18.2 Å². The molecule has 4 nitrogen and oxygen atoms in total. The van der Waals surface area contributed by atoms with Gasteiger partial charge in [-0.25, -0.2) is 0 Å². The van der Waals surface area contributed by atoms with Crippen molar-refractivity contribution in [1.29, 1.82) is 0 Å². The third-order valence-corrected chi connectivity index (χ3v) is 4.05. The number of benzene rings is 1. The molecule has 1 saturated heterocycles. The molecule has 1 aliphatic rings. The molecular weight excluding hydrogens is 288 g/mol. The predicted octanol–water partition coefficient (Wildman–Crippen LogP) is 3.51. The average molecular weight is 319 g/mol. The van der Waals surface area contributed by atoms with Gasteiger partial charge in [-0.05, 0) is 50.4 Å². The predicted molar refractivity (Wildman–Crippen MR) is 93.9 cm³/mol. The fourth-order valence-corrected chi connectivity index (χ4v) is 2.46. The molecule has 23 heavy (non-hydrogen) atoms. The van der Waals surface area contributed by atoms with E-state index in [0.29, 0.717) is 37.1 Å². The minimum atomic E-state index is -1.38. The van der Waals surface area contributed by atoms with Gasteiger partial charge in [0.15, 0.2) is 6.29 Å². The molecule has 126 valence electrons. The summed E-state index contributed by atoms with van der Waals surface area (Å²) < 4.78 is 23.8. The van der Waals surface area contributed by atoms with Gasteiger partial charge in [-0.15, -0.1) is 0 Å². The molecule has 1 aliphatic heterocycles. The van der Waals surface area contributed by atoms with Crippen LogP contribution in [0, 0.1) is 5.41 Å². The average Bonchev–Trinajstić information content (AvgIpc) is 2.86. The van der Waals surface area contributed by atoms with Gasteiger partial charge in [0.25, 0.3) is 0 Å². The minimum Gasteiger partial charge on any atom is -0.325 e. The number of carbonyl (C=O) groups excluding carboxylic acids is 2. The van der Waals surface area contributed by atoms with Gasteiger partial charge in [0, 0.05) is 27.7 Å². The Morgan fingerprint density at radius 3 is 2.96 bits per heavy atom. The van der Waals surface area contributed by atoms with E-state index in [4.69, 9.17) is 4.11 Å². The van der Waals surface area contributed by atoms with Crippen LogP contribution in [0.4, 0.5) is 5.69 Å². The maximum absolute atomic E-state index is 12.1. The molecule has 4 heteroatoms. The number of hydrogen-bond donors (Lipinski definition) is 1. The second kappa shape index (κ2) is 7.26. The summed E-state index contributed by atoms with van der Waals surface area (Å²) in [5.74, 6) is -0.156. The zero-order valence-electron chi connectivity index (χ0n) is 17.2. The van der Waals surface area contributed by atoms with Crippen LogP contribution in [0.3, 0.4) is 0 Å². The highest BCUT2D eigenvalue weighted by Gasteiger charge is 2.22. The van der Waals surface area contributed by atoms with Crippen LogP contribution in [0.5, 0.6) is 0 Å². The van der Waals surface area contributed by atoms with Crippen LogP contribution in [-0.2, 0) is 11.2 Å². The number of nitrogens with one attached hydrogen (secondary N) is 1. The Balaban J connectivity index is 2.09. The van der Waals surface area contributed by atoms with Crippen LogP contribution in [0.1, 0.15) is 60.5 Å². The summed E-state index contributed by atoms with van der Waals surface area (Å²) in [7, 11) is 0. The van der Waals surface area contributed by atoms with Crippen molar-refractivity contribution in [3.05, 3.63) is 29.3 Å². The lowest BCUT2D eigenvalue weighted by molar-refractivity contribution is -0.123. The van der Waals surface area contributed by atoms with E-state index in [1.54, 1.807) is 17.0 Å². The summed E-state index contributed by atoms with van der Waals surface area (Å²) in [4.78, 5) is 25.3. The molecule has 0 aromatic heterocycles. The Morgan fingerprint density at radius 2 is 2.30 bits per heavy atom. The molecule has 1 fully saturated rings. The molecule has 1 aromatic carbocycles. The van der Waals surface area contributed by atoms with Crippen molar-refractivity contribution in [2.75, 3.05) is 18.4 Å². The first-order valence-electron chi connectivity index (χ1n) is 9.75. The van der Waals surface area contributed by atoms with Crippen molar-refractivity contribution in [1.82, 2.24) is 4.90 Å². The molecule has 0 saturated carbocycles. The zero-order chi connectivity index (χ0) is 19.5. The number of carbonyl (C=O) groups is 2. The molecule has 0 aliphatic carbocycles. The Kier molecular flexibility index (Phi) is 4.33. The Labute approximate surface area is 143 Å². The first-order chi connectivity index (χ1) is 12.1. The minimum absolute atomic E-state index is 0.0547. The molecule has 2 rings (SSSR count). The van der Waals surface area contributed by atoms with Crippen LogP contribution < -0.4 is 5.32 Å². The first kappa shape index (κ1) is 13.7. The van der Waals surface area contributed by atoms with Crippen molar-refractivity contribution >= 4 is 17.9 Å². The number of likely N-dealkylation sites (tertiary alicyclic amines) is 1. The molecule has 1 N–H and O–H groups in total. The van der Waals surface area contributed by atoms with Gasteiger partial charge in [0.05, 0.1) is 5.69 Å². The molecule has 1 amide bonds. The first-order valence-corrected chi connectivity index (χ1v) is 8.04. The summed E-state index contributed by atoms with van der Waals surface area (Å²) in [6, 6.07) is 5.27. The third-order valence-electron chi connectivity index (χ3n) is 4.05. The van der Waals surface area contributed by atoms with Crippen LogP contribution in [0.25, 0.3) is 0 Å². The molecule has 0 spiro atoms. The van der Waals surface area contributed by atoms with Gasteiger partial charge in [0.1, 0.15) is 0 Å². The van der Waals surface area contributed by atoms with E-state index in [1.165, 1.54) is 0 Å². The Bertz CT molecular complexity index is 671. The van der Waals surface area contributed by atoms with Gasteiger partial charge >= 0.3 is 0 Å². The fourth-order valence-electron chi connectivity index (χ4n) is 2.46. The highest BCUT2D eigenvalue weighted by molar-refractivity contribution is 5.98. The van der Waals surface area contributed by atoms with Crippen LogP contribution in [0.2, 0.25) is 0 Å². The normalized spacial score (nSPS) is 22.9. The number of nitrogens with zero attached hydrogens (tertiary/aromatic N) is 1. The van der Waals surface area contributed by atoms with E-state index in [-0.39, 0.29) is 18.8 Å². The van der Waals surface area contributed by atoms with Gasteiger partial charge < -0.3 is 10.2 Å². The molecular formula is C19H28N2O2. The maximum Gasteiger partial charge on any atom is 0.229 e. The third kappa shape index (κ3) is 4.64. The van der Waals surface area contributed by atoms with E-state index >= 15 is 0 Å². The second-order valence-corrected chi connectivity index (χ2v) is 7.04. The van der Waals surface area contributed by atoms with E-state index in [2.05, 4.69) is 5.32 Å². The molecule has 1 atom stereocenters. The standard InChI is InChI=1S/C19H28N2O2/c1-14-6-5-10-21(14)11-9-15-7-8-17(16(12-15)13-22)20-18(23)19(2,3)4/h7-8,12-14H,5-6,9-11H2,1-4H3,(H,20,23)/t14-/m1/s1/i1D,10D2. The second-order valence-electron chi connectivity index (χ2n) is 7.04. The van der Waals surface area contributed by atoms with Crippen molar-refractivity contribution in [2.24, 2.45) is 5.41 Å². The largest absolute Gasteiger partial charge is 0.325 e. The summed E-state index contributed by atoms with van der Waals surface area (Å²) in [5, 5.41) is 2.79. The summed E-state index contributed by atoms with van der Waals surface area (Å²) in [6.07, 6.45) is 2.47. The summed E-state index contributed by atoms with van der Waals surface area (Å²) >= 11 is 0. The van der Waals surface area contributed by atoms with Crippen LogP contribution >= 0.6 is 0 Å². The SMILES string of the molecule is [2H]C[C@@H]1CCC([2H])([2H])N1CCc1ccc(NC(=O)C(C)(C)C)c(C=O)c1. The summed E-state index contributed by atoms with van der Waals surface area (Å²) in [5.41, 5.74) is 1.27. The van der Waals surface area contributed by atoms with E-state index in [0.717, 1.165) is 11.8 Å². The highest BCUT2D eigenvalue weighted by atomic mass is 16.2. The zero-order valence-corrected chi connectivity index (χ0v) is 14.2. The number of amides is 1. The van der Waals surface area contributed by atoms with Crippen molar-refractivity contribution in [3.63, 3.8) is 0 Å². The fraction of sp³-hybridized carbons (Fsp3) is 0.579. The molecule has 0 bridgehead atoms. The monoisotopic (exact) mass is 319 g/mol. The maximum atomic E-state index is 12.1. The number of anilines is 1. The highest BCUT2D eigenvalue weighted by Crippen LogP contribution is 2.22. The lowest BCUT2D eigenvalue weighted by Gasteiger charge is -2.21. The van der Waals surface area contributed by atoms with E-state index in [9.17, 15) is 9.59 Å². The smallest absolute Gasteiger partial charge is 0.229 e. The Morgan fingerprint density at radius 1 is 1.52 bits per heavy atom. The van der Waals surface area contributed by atoms with Gasteiger partial charge in [-0.2, -0.15) is 0 Å². The Hall–Kier alpha value is -1.68. The lowest BCUT2D eigenvalue weighted by Crippen LogP contribution is -2.29. The lowest BCUT2D eigenvalue weighted by atomic mass is 9.95. The quantitative estimate of drug-likeness (QED) is 0.845. The molecule has 0 unspecified atom stereocenters. The number of rotatable bonds is 5. The van der Waals surface area contributed by atoms with Crippen molar-refractivity contribution < 1.29 is 13.7 Å². The van der Waals surface area contributed by atoms with Gasteiger partial charge in [-0.3, -0.25) is 9.59 Å². The van der Waals surface area contributed by atoms with Crippen molar-refractivity contribution in [3.8, 4) is 0 Å². The van der Waals surface area contributed by atoms with E-state index < -0.39 is 11.9 Å². The van der Waals surface area contributed by atoms with Gasteiger partial charge in [0.2, 0.25) is 5.91 Å².